The van der Waals surface area contributed by atoms with Crippen LogP contribution in [-0.4, -0.2) is 29.1 Å². The predicted molar refractivity (Wildman–Crippen MR) is 71.4 cm³/mol. The number of anilines is 1. The summed E-state index contributed by atoms with van der Waals surface area (Å²) in [4.78, 5) is 33.0. The zero-order valence-electron chi connectivity index (χ0n) is 10.3. The summed E-state index contributed by atoms with van der Waals surface area (Å²) in [7, 11) is 0. The molecular weight excluding hydrogens is 356 g/mol. The van der Waals surface area contributed by atoms with Gasteiger partial charge in [-0.05, 0) is 22.0 Å². The highest BCUT2D eigenvalue weighted by Gasteiger charge is 2.22. The smallest absolute Gasteiger partial charge is 0.326 e. The van der Waals surface area contributed by atoms with E-state index in [1.807, 2.05) is 10.6 Å². The number of primary amides is 1. The van der Waals surface area contributed by atoms with Gasteiger partial charge in [-0.2, -0.15) is 0 Å². The summed E-state index contributed by atoms with van der Waals surface area (Å²) in [5.41, 5.74) is 4.47. The molecular formula is C11H10BrF2N3O4. The number of rotatable bonds is 5. The molecule has 0 aliphatic carbocycles. The fourth-order valence-corrected chi connectivity index (χ4v) is 1.68. The summed E-state index contributed by atoms with van der Waals surface area (Å²) in [5.74, 6) is -4.33. The monoisotopic (exact) mass is 365 g/mol. The van der Waals surface area contributed by atoms with Gasteiger partial charge in [-0.15, -0.1) is 0 Å². The molecule has 0 saturated heterocycles. The Morgan fingerprint density at radius 3 is 2.43 bits per heavy atom. The highest BCUT2D eigenvalue weighted by atomic mass is 79.9. The van der Waals surface area contributed by atoms with E-state index in [2.05, 4.69) is 15.9 Å². The number of hydrogen-bond acceptors (Lipinski definition) is 3. The number of urea groups is 1. The Bertz CT molecular complexity index is 597. The van der Waals surface area contributed by atoms with Crippen molar-refractivity contribution in [3.63, 3.8) is 0 Å². The zero-order valence-corrected chi connectivity index (χ0v) is 11.9. The van der Waals surface area contributed by atoms with Crippen molar-refractivity contribution in [2.75, 3.05) is 5.32 Å². The van der Waals surface area contributed by atoms with Gasteiger partial charge in [0.1, 0.15) is 17.7 Å². The lowest BCUT2D eigenvalue weighted by Gasteiger charge is -2.14. The first-order valence-corrected chi connectivity index (χ1v) is 6.23. The van der Waals surface area contributed by atoms with Crippen LogP contribution in [0.3, 0.4) is 0 Å². The SMILES string of the molecule is NC(=O)C[C@H](NC(=O)Nc1cc(Br)c(F)cc1F)C(=O)O. The number of benzene rings is 1. The molecule has 7 nitrogen and oxygen atoms in total. The molecule has 0 fully saturated rings. The Labute approximate surface area is 125 Å². The summed E-state index contributed by atoms with van der Waals surface area (Å²) in [6.45, 7) is 0. The van der Waals surface area contributed by atoms with Crippen molar-refractivity contribution in [2.45, 2.75) is 12.5 Å². The number of nitrogens with one attached hydrogen (secondary N) is 2. The van der Waals surface area contributed by atoms with Crippen LogP contribution >= 0.6 is 15.9 Å². The van der Waals surface area contributed by atoms with Gasteiger partial charge >= 0.3 is 12.0 Å². The molecule has 0 spiro atoms. The molecule has 10 heteroatoms. The van der Waals surface area contributed by atoms with Crippen molar-refractivity contribution in [1.82, 2.24) is 5.32 Å². The minimum atomic E-state index is -1.56. The second-order valence-electron chi connectivity index (χ2n) is 3.91. The van der Waals surface area contributed by atoms with E-state index in [1.165, 1.54) is 0 Å². The maximum atomic E-state index is 13.4. The number of aliphatic carboxylic acids is 1. The number of carboxylic acids is 1. The second kappa shape index (κ2) is 6.97. The summed E-state index contributed by atoms with van der Waals surface area (Å²) < 4.78 is 26.3. The van der Waals surface area contributed by atoms with Crippen LogP contribution in [0, 0.1) is 11.6 Å². The molecule has 5 N–H and O–H groups in total. The molecule has 21 heavy (non-hydrogen) atoms. The highest BCUT2D eigenvalue weighted by molar-refractivity contribution is 9.10. The van der Waals surface area contributed by atoms with Crippen molar-refractivity contribution in [3.05, 3.63) is 28.2 Å². The van der Waals surface area contributed by atoms with Gasteiger partial charge in [0, 0.05) is 6.07 Å². The summed E-state index contributed by atoms with van der Waals surface area (Å²) in [6, 6.07) is -1.14. The predicted octanol–water partition coefficient (Wildman–Crippen LogP) is 1.18. The third-order valence-corrected chi connectivity index (χ3v) is 2.87. The van der Waals surface area contributed by atoms with Gasteiger partial charge in [0.15, 0.2) is 0 Å². The van der Waals surface area contributed by atoms with E-state index in [0.717, 1.165) is 6.07 Å². The summed E-state index contributed by atoms with van der Waals surface area (Å²) in [6.07, 6.45) is -0.627. The third-order valence-electron chi connectivity index (χ3n) is 2.27. The van der Waals surface area contributed by atoms with Gasteiger partial charge < -0.3 is 21.5 Å². The number of halogens is 3. The second-order valence-corrected chi connectivity index (χ2v) is 4.76. The maximum Gasteiger partial charge on any atom is 0.326 e. The van der Waals surface area contributed by atoms with Crippen LogP contribution in [0.2, 0.25) is 0 Å². The van der Waals surface area contributed by atoms with E-state index in [9.17, 15) is 23.2 Å². The van der Waals surface area contributed by atoms with Gasteiger partial charge in [-0.1, -0.05) is 0 Å². The van der Waals surface area contributed by atoms with Crippen molar-refractivity contribution in [2.24, 2.45) is 5.73 Å². The first kappa shape index (κ1) is 16.8. The standard InChI is InChI=1S/C11H10BrF2N3O4/c12-4-1-7(6(14)2-5(4)13)16-11(21)17-8(10(19)20)3-9(15)18/h1-2,8H,3H2,(H2,15,18)(H,19,20)(H2,16,17,21)/t8-/m0/s1. The third kappa shape index (κ3) is 4.99. The average Bonchev–Trinajstić information content (AvgIpc) is 2.34. The number of carbonyl (C=O) groups is 3. The van der Waals surface area contributed by atoms with Gasteiger partial charge in [-0.25, -0.2) is 18.4 Å². The number of hydrogen-bond donors (Lipinski definition) is 4. The van der Waals surface area contributed by atoms with Gasteiger partial charge in [0.25, 0.3) is 0 Å². The van der Waals surface area contributed by atoms with Crippen molar-refractivity contribution < 1.29 is 28.3 Å². The lowest BCUT2D eigenvalue weighted by atomic mass is 10.2. The van der Waals surface area contributed by atoms with Crippen molar-refractivity contribution in [3.8, 4) is 0 Å². The van der Waals surface area contributed by atoms with Gasteiger partial charge in [0.2, 0.25) is 5.91 Å². The quantitative estimate of drug-likeness (QED) is 0.585. The van der Waals surface area contributed by atoms with E-state index in [0.29, 0.717) is 6.07 Å². The van der Waals surface area contributed by atoms with E-state index < -0.39 is 42.0 Å². The van der Waals surface area contributed by atoms with Crippen LogP contribution in [0.1, 0.15) is 6.42 Å². The molecule has 0 aliphatic heterocycles. The number of carbonyl (C=O) groups excluding carboxylic acids is 2. The van der Waals surface area contributed by atoms with Gasteiger partial charge in [-0.3, -0.25) is 4.79 Å². The molecule has 0 aliphatic rings. The largest absolute Gasteiger partial charge is 0.480 e. The Balaban J connectivity index is 2.79. The molecule has 1 atom stereocenters. The highest BCUT2D eigenvalue weighted by Crippen LogP contribution is 2.23. The molecule has 1 rings (SSSR count). The summed E-state index contributed by atoms with van der Waals surface area (Å²) >= 11 is 2.81. The van der Waals surface area contributed by atoms with Crippen LogP contribution in [0.4, 0.5) is 19.3 Å². The fourth-order valence-electron chi connectivity index (χ4n) is 1.34. The van der Waals surface area contributed by atoms with E-state index in [-0.39, 0.29) is 10.2 Å². The molecule has 0 radical (unpaired) electrons. The van der Waals surface area contributed by atoms with E-state index in [4.69, 9.17) is 10.8 Å². The average molecular weight is 366 g/mol. The van der Waals surface area contributed by atoms with Crippen LogP contribution in [-0.2, 0) is 9.59 Å². The van der Waals surface area contributed by atoms with Crippen LogP contribution in [0.5, 0.6) is 0 Å². The molecule has 1 aromatic rings. The lowest BCUT2D eigenvalue weighted by Crippen LogP contribution is -2.45. The van der Waals surface area contributed by atoms with Crippen LogP contribution in [0.25, 0.3) is 0 Å². The molecule has 3 amide bonds. The minimum absolute atomic E-state index is 0.0916. The Morgan fingerprint density at radius 2 is 1.90 bits per heavy atom. The first-order valence-electron chi connectivity index (χ1n) is 5.44. The summed E-state index contributed by atoms with van der Waals surface area (Å²) in [5, 5.41) is 12.7. The van der Waals surface area contributed by atoms with Crippen LogP contribution in [0.15, 0.2) is 16.6 Å². The number of carboxylic acid groups (broad SMARTS) is 1. The fraction of sp³-hybridized carbons (Fsp3) is 0.182. The number of amides is 3. The Hall–Kier alpha value is -2.23. The maximum absolute atomic E-state index is 13.4. The van der Waals surface area contributed by atoms with E-state index >= 15 is 0 Å². The molecule has 0 aromatic heterocycles. The first-order chi connectivity index (χ1) is 9.70. The number of nitrogens with two attached hydrogens (primary N) is 1. The Kier molecular flexibility index (Phi) is 5.59. The van der Waals surface area contributed by atoms with Crippen molar-refractivity contribution >= 4 is 39.5 Å². The molecule has 0 heterocycles. The molecule has 1 aromatic carbocycles. The molecule has 0 unspecified atom stereocenters. The zero-order chi connectivity index (χ0) is 16.2. The van der Waals surface area contributed by atoms with Crippen molar-refractivity contribution in [1.29, 1.82) is 0 Å². The topological polar surface area (TPSA) is 122 Å². The molecule has 0 bridgehead atoms. The molecule has 0 saturated carbocycles. The van der Waals surface area contributed by atoms with E-state index in [1.54, 1.807) is 0 Å². The lowest BCUT2D eigenvalue weighted by molar-refractivity contribution is -0.140. The van der Waals surface area contributed by atoms with Gasteiger partial charge in [0.05, 0.1) is 16.6 Å². The Morgan fingerprint density at radius 1 is 1.29 bits per heavy atom. The molecule has 114 valence electrons. The minimum Gasteiger partial charge on any atom is -0.480 e. The normalized spacial score (nSPS) is 11.6. The van der Waals surface area contributed by atoms with Crippen LogP contribution < -0.4 is 16.4 Å².